The van der Waals surface area contributed by atoms with Crippen molar-refractivity contribution in [2.75, 3.05) is 0 Å². The predicted octanol–water partition coefficient (Wildman–Crippen LogP) is 3.24. The van der Waals surface area contributed by atoms with Gasteiger partial charge in [-0.05, 0) is 36.0 Å². The van der Waals surface area contributed by atoms with Gasteiger partial charge >= 0.3 is 0 Å². The summed E-state index contributed by atoms with van der Waals surface area (Å²) in [5.41, 5.74) is 0. The number of hydrogen-bond donors (Lipinski definition) is 0. The van der Waals surface area contributed by atoms with Gasteiger partial charge < -0.3 is 0 Å². The van der Waals surface area contributed by atoms with Crippen LogP contribution in [0.5, 0.6) is 0 Å². The zero-order chi connectivity index (χ0) is 8.13. The van der Waals surface area contributed by atoms with Crippen LogP contribution in [0.3, 0.4) is 0 Å². The van der Waals surface area contributed by atoms with Gasteiger partial charge in [-0.2, -0.15) is 0 Å². The smallest absolute Gasteiger partial charge is 0.0168 e. The average molecular weight is 162 g/mol. The quantitative estimate of drug-likeness (QED) is 0.519. The summed E-state index contributed by atoms with van der Waals surface area (Å²) in [5.74, 6) is 5.18. The van der Waals surface area contributed by atoms with Gasteiger partial charge in [0.15, 0.2) is 0 Å². The van der Waals surface area contributed by atoms with E-state index in [0.29, 0.717) is 0 Å². The second-order valence-electron chi connectivity index (χ2n) is 5.08. The lowest BCUT2D eigenvalue weighted by Gasteiger charge is -2.49. The monoisotopic (exact) mass is 162 g/mol. The molecule has 0 radical (unpaired) electrons. The molecule has 0 aromatic heterocycles. The van der Waals surface area contributed by atoms with Gasteiger partial charge in [-0.3, -0.25) is 0 Å². The van der Waals surface area contributed by atoms with Gasteiger partial charge in [-0.1, -0.05) is 38.3 Å². The Balaban J connectivity index is 1.68. The summed E-state index contributed by atoms with van der Waals surface area (Å²) in [6.45, 7) is 2.39. The van der Waals surface area contributed by atoms with Gasteiger partial charge in [-0.15, -0.1) is 0 Å². The maximum absolute atomic E-state index is 2.52. The molecule has 0 saturated heterocycles. The summed E-state index contributed by atoms with van der Waals surface area (Å²) in [4.78, 5) is 0. The third-order valence-electron chi connectivity index (χ3n) is 4.60. The molecule has 0 N–H and O–H groups in total. The summed E-state index contributed by atoms with van der Waals surface area (Å²) in [5, 5.41) is 0. The topological polar surface area (TPSA) is 0 Å². The fraction of sp³-hybridized carbons (Fsp3) is 0.833. The molecule has 0 spiro atoms. The van der Waals surface area contributed by atoms with Crippen LogP contribution in [-0.2, 0) is 0 Å². The molecule has 66 valence electrons. The minimum atomic E-state index is 0.895. The lowest BCUT2D eigenvalue weighted by atomic mass is 9.55. The summed E-state index contributed by atoms with van der Waals surface area (Å²) in [6, 6.07) is 0. The van der Waals surface area contributed by atoms with E-state index in [9.17, 15) is 0 Å². The van der Waals surface area contributed by atoms with Gasteiger partial charge in [0.2, 0.25) is 0 Å². The first-order valence-corrected chi connectivity index (χ1v) is 5.54. The SMILES string of the molecule is CC1C=C[C@@H]2C1CC2C1CCC1. The molecule has 3 aliphatic rings. The Morgan fingerprint density at radius 3 is 2.50 bits per heavy atom. The predicted molar refractivity (Wildman–Crippen MR) is 50.7 cm³/mol. The first-order valence-electron chi connectivity index (χ1n) is 5.54. The molecule has 0 aromatic carbocycles. The molecule has 0 amide bonds. The number of rotatable bonds is 1. The highest BCUT2D eigenvalue weighted by Crippen LogP contribution is 2.56. The van der Waals surface area contributed by atoms with Crippen LogP contribution >= 0.6 is 0 Å². The van der Waals surface area contributed by atoms with Gasteiger partial charge in [-0.25, -0.2) is 0 Å². The number of fused-ring (bicyclic) bond motifs is 1. The number of hydrogen-bond acceptors (Lipinski definition) is 0. The Bertz CT molecular complexity index is 212. The van der Waals surface area contributed by atoms with E-state index in [0.717, 1.165) is 29.6 Å². The Kier molecular flexibility index (Phi) is 1.42. The molecule has 2 fully saturated rings. The normalized spacial score (nSPS) is 51.4. The maximum atomic E-state index is 2.52. The van der Waals surface area contributed by atoms with Crippen molar-refractivity contribution in [3.63, 3.8) is 0 Å². The first-order chi connectivity index (χ1) is 5.86. The Morgan fingerprint density at radius 2 is 1.92 bits per heavy atom. The van der Waals surface area contributed by atoms with E-state index >= 15 is 0 Å². The van der Waals surface area contributed by atoms with Crippen molar-refractivity contribution < 1.29 is 0 Å². The van der Waals surface area contributed by atoms with Crippen LogP contribution in [-0.4, -0.2) is 0 Å². The van der Waals surface area contributed by atoms with Crippen molar-refractivity contribution in [1.82, 2.24) is 0 Å². The zero-order valence-corrected chi connectivity index (χ0v) is 7.87. The molecule has 0 aromatic rings. The van der Waals surface area contributed by atoms with Gasteiger partial charge in [0, 0.05) is 0 Å². The molecule has 0 bridgehead atoms. The average Bonchev–Trinajstić information content (AvgIpc) is 2.18. The summed E-state index contributed by atoms with van der Waals surface area (Å²) < 4.78 is 0. The Labute approximate surface area is 75.0 Å². The molecule has 2 saturated carbocycles. The molecular weight excluding hydrogens is 144 g/mol. The van der Waals surface area contributed by atoms with Crippen LogP contribution in [0.2, 0.25) is 0 Å². The third kappa shape index (κ3) is 0.787. The molecule has 0 heterocycles. The highest BCUT2D eigenvalue weighted by atomic mass is 14.5. The van der Waals surface area contributed by atoms with Crippen LogP contribution in [0.15, 0.2) is 12.2 Å². The summed E-state index contributed by atoms with van der Waals surface area (Å²) in [7, 11) is 0. The minimum absolute atomic E-state index is 0.895. The van der Waals surface area contributed by atoms with E-state index in [4.69, 9.17) is 0 Å². The Morgan fingerprint density at radius 1 is 1.08 bits per heavy atom. The van der Waals surface area contributed by atoms with E-state index in [2.05, 4.69) is 19.1 Å². The third-order valence-corrected chi connectivity index (χ3v) is 4.60. The molecule has 12 heavy (non-hydrogen) atoms. The standard InChI is InChI=1S/C12H18/c1-8-5-6-10-11(8)7-12(10)9-3-2-4-9/h5-6,8-12H,2-4,7H2,1H3/t8?,10-,11?,12?/m1/s1. The van der Waals surface area contributed by atoms with E-state index in [1.54, 1.807) is 6.42 Å². The molecular formula is C12H18. The van der Waals surface area contributed by atoms with Crippen LogP contribution < -0.4 is 0 Å². The molecule has 3 rings (SSSR count). The Hall–Kier alpha value is -0.260. The second kappa shape index (κ2) is 2.37. The van der Waals surface area contributed by atoms with Crippen molar-refractivity contribution >= 4 is 0 Å². The fourth-order valence-electron chi connectivity index (χ4n) is 3.42. The highest BCUT2D eigenvalue weighted by Gasteiger charge is 2.48. The number of allylic oxidation sites excluding steroid dienone is 2. The van der Waals surface area contributed by atoms with E-state index in [-0.39, 0.29) is 0 Å². The lowest BCUT2D eigenvalue weighted by Crippen LogP contribution is -2.42. The second-order valence-corrected chi connectivity index (χ2v) is 5.08. The molecule has 3 unspecified atom stereocenters. The van der Waals surface area contributed by atoms with Crippen LogP contribution in [0.4, 0.5) is 0 Å². The van der Waals surface area contributed by atoms with Crippen molar-refractivity contribution in [3.8, 4) is 0 Å². The van der Waals surface area contributed by atoms with Crippen molar-refractivity contribution in [2.24, 2.45) is 29.6 Å². The molecule has 3 aliphatic carbocycles. The summed E-state index contributed by atoms with van der Waals surface area (Å²) in [6.07, 6.45) is 11.1. The lowest BCUT2D eigenvalue weighted by molar-refractivity contribution is 0.0146. The molecule has 0 nitrogen and oxygen atoms in total. The van der Waals surface area contributed by atoms with Gasteiger partial charge in [0.05, 0.1) is 0 Å². The van der Waals surface area contributed by atoms with Crippen molar-refractivity contribution in [3.05, 3.63) is 12.2 Å². The summed E-state index contributed by atoms with van der Waals surface area (Å²) >= 11 is 0. The maximum Gasteiger partial charge on any atom is -0.0168 e. The molecule has 4 atom stereocenters. The molecule has 0 aliphatic heterocycles. The van der Waals surface area contributed by atoms with Crippen molar-refractivity contribution in [1.29, 1.82) is 0 Å². The van der Waals surface area contributed by atoms with E-state index in [1.807, 2.05) is 0 Å². The highest BCUT2D eigenvalue weighted by molar-refractivity contribution is 5.14. The van der Waals surface area contributed by atoms with E-state index < -0.39 is 0 Å². The van der Waals surface area contributed by atoms with E-state index in [1.165, 1.54) is 19.3 Å². The van der Waals surface area contributed by atoms with Gasteiger partial charge in [0.1, 0.15) is 0 Å². The van der Waals surface area contributed by atoms with Crippen LogP contribution in [0.1, 0.15) is 32.6 Å². The largest absolute Gasteiger partial charge is 0.0851 e. The fourth-order valence-corrected chi connectivity index (χ4v) is 3.42. The minimum Gasteiger partial charge on any atom is -0.0851 e. The van der Waals surface area contributed by atoms with Crippen molar-refractivity contribution in [2.45, 2.75) is 32.6 Å². The van der Waals surface area contributed by atoms with Crippen LogP contribution in [0.25, 0.3) is 0 Å². The first kappa shape index (κ1) is 7.17. The molecule has 0 heteroatoms. The zero-order valence-electron chi connectivity index (χ0n) is 7.87. The van der Waals surface area contributed by atoms with Gasteiger partial charge in [0.25, 0.3) is 0 Å². The van der Waals surface area contributed by atoms with Crippen LogP contribution in [0, 0.1) is 29.6 Å².